The van der Waals surface area contributed by atoms with E-state index < -0.39 is 18.4 Å². The molecule has 0 unspecified atom stereocenters. The highest BCUT2D eigenvalue weighted by molar-refractivity contribution is 5.85. The average Bonchev–Trinajstić information content (AvgIpc) is 2.01. The molecule has 2 atom stereocenters. The molecular weight excluding hydrogens is 166 g/mol. The van der Waals surface area contributed by atoms with Crippen LogP contribution in [0.4, 0.5) is 0 Å². The number of carbonyl (C=O) groups is 1. The Morgan fingerprint density at radius 3 is 2.55 bits per heavy atom. The maximum absolute atomic E-state index is 10.9. The zero-order valence-corrected chi connectivity index (χ0v) is 7.77. The van der Waals surface area contributed by atoms with Gasteiger partial charge in [-0.1, -0.05) is 13.8 Å². The molecule has 68 valence electrons. The van der Waals surface area contributed by atoms with Crippen LogP contribution in [0.2, 0.25) is 0 Å². The molecule has 2 N–H and O–H groups in total. The molecular formula is C7H16ClNO2. The number of methoxy groups -OCH3 is 1. The summed E-state index contributed by atoms with van der Waals surface area (Å²) < 4.78 is 19.1. The number of rotatable bonds is 3. The number of carbonyl (C=O) groups excluding carboxylic acids is 1. The Labute approximate surface area is 76.5 Å². The summed E-state index contributed by atoms with van der Waals surface area (Å²) in [5.74, 6) is -1.01. The van der Waals surface area contributed by atoms with E-state index in [1.165, 1.54) is 0 Å². The first-order valence-corrected chi connectivity index (χ1v) is 3.13. The standard InChI is InChI=1S/C7H15NO2.ClH/c1-5(2)4-6(8)7(9)10-3;/h5-6H,4,8H2,1-3H3;1H/t6-;/m1./s1/i4D,6D;/t4-,6-;. The van der Waals surface area contributed by atoms with Gasteiger partial charge in [-0.15, -0.1) is 12.4 Å². The maximum atomic E-state index is 10.9. The highest BCUT2D eigenvalue weighted by Crippen LogP contribution is 2.02. The Morgan fingerprint density at radius 2 is 2.27 bits per heavy atom. The zero-order valence-electron chi connectivity index (χ0n) is 8.96. The smallest absolute Gasteiger partial charge is 0.322 e. The fourth-order valence-electron chi connectivity index (χ4n) is 0.545. The summed E-state index contributed by atoms with van der Waals surface area (Å²) in [6.07, 6.45) is -0.968. The third-order valence-corrected chi connectivity index (χ3v) is 0.934. The van der Waals surface area contributed by atoms with E-state index in [2.05, 4.69) is 4.74 Å². The third kappa shape index (κ3) is 6.13. The molecule has 0 aliphatic heterocycles. The Hall–Kier alpha value is -0.280. The molecule has 0 spiro atoms. The molecule has 3 nitrogen and oxygen atoms in total. The van der Waals surface area contributed by atoms with Gasteiger partial charge in [-0.25, -0.2) is 0 Å². The number of halogens is 1. The van der Waals surface area contributed by atoms with Crippen LogP contribution in [0, 0.1) is 5.92 Å². The van der Waals surface area contributed by atoms with Gasteiger partial charge in [0.25, 0.3) is 0 Å². The third-order valence-electron chi connectivity index (χ3n) is 0.934. The molecule has 0 amide bonds. The quantitative estimate of drug-likeness (QED) is 0.663. The number of nitrogens with two attached hydrogens (primary N) is 1. The van der Waals surface area contributed by atoms with Crippen molar-refractivity contribution in [1.82, 2.24) is 0 Å². The largest absolute Gasteiger partial charge is 0.468 e. The van der Waals surface area contributed by atoms with Crippen molar-refractivity contribution in [3.05, 3.63) is 0 Å². The molecule has 0 fully saturated rings. The molecule has 0 heterocycles. The fourth-order valence-corrected chi connectivity index (χ4v) is 0.545. The molecule has 0 saturated heterocycles. The summed E-state index contributed by atoms with van der Waals surface area (Å²) in [5.41, 5.74) is 5.32. The monoisotopic (exact) mass is 183 g/mol. The Bertz CT molecular complexity index is 176. The van der Waals surface area contributed by atoms with Crippen LogP contribution in [0.3, 0.4) is 0 Å². The molecule has 0 aromatic heterocycles. The van der Waals surface area contributed by atoms with Crippen LogP contribution in [-0.2, 0) is 9.53 Å². The van der Waals surface area contributed by atoms with Crippen molar-refractivity contribution in [2.75, 3.05) is 7.11 Å². The van der Waals surface area contributed by atoms with Gasteiger partial charge < -0.3 is 10.5 Å². The Morgan fingerprint density at radius 1 is 1.82 bits per heavy atom. The number of ether oxygens (including phenoxy) is 1. The normalized spacial score (nSPS) is 20.5. The van der Waals surface area contributed by atoms with Gasteiger partial charge in [-0.3, -0.25) is 4.79 Å². The summed E-state index contributed by atoms with van der Waals surface area (Å²) in [5, 5.41) is 0. The summed E-state index contributed by atoms with van der Waals surface area (Å²) >= 11 is 0. The Balaban J connectivity index is 0. The first-order chi connectivity index (χ1) is 5.34. The average molecular weight is 184 g/mol. The molecule has 4 heteroatoms. The van der Waals surface area contributed by atoms with Crippen molar-refractivity contribution in [2.45, 2.75) is 26.3 Å². The van der Waals surface area contributed by atoms with Gasteiger partial charge in [-0.2, -0.15) is 0 Å². The molecule has 0 aliphatic carbocycles. The van der Waals surface area contributed by atoms with E-state index in [1.54, 1.807) is 13.8 Å². The van der Waals surface area contributed by atoms with Crippen LogP contribution >= 0.6 is 12.4 Å². The minimum absolute atomic E-state index is 0. The number of hydrogen-bond acceptors (Lipinski definition) is 3. The summed E-state index contributed by atoms with van der Waals surface area (Å²) in [6.45, 7) is 3.47. The van der Waals surface area contributed by atoms with Gasteiger partial charge in [0.1, 0.15) is 6.02 Å². The molecule has 0 saturated carbocycles. The second-order valence-corrected chi connectivity index (χ2v) is 2.36. The van der Waals surface area contributed by atoms with Gasteiger partial charge >= 0.3 is 5.97 Å². The first kappa shape index (κ1) is 8.81. The van der Waals surface area contributed by atoms with Crippen molar-refractivity contribution in [2.24, 2.45) is 11.7 Å². The van der Waals surface area contributed by atoms with Crippen molar-refractivity contribution >= 4 is 18.4 Å². The summed E-state index contributed by atoms with van der Waals surface area (Å²) in [7, 11) is 1.16. The lowest BCUT2D eigenvalue weighted by molar-refractivity contribution is -0.142. The predicted octanol–water partition coefficient (Wildman–Crippen LogP) is 0.955. The van der Waals surface area contributed by atoms with E-state index in [4.69, 9.17) is 8.48 Å². The highest BCUT2D eigenvalue weighted by Gasteiger charge is 2.14. The van der Waals surface area contributed by atoms with Crippen LogP contribution in [0.5, 0.6) is 0 Å². The van der Waals surface area contributed by atoms with E-state index in [1.807, 2.05) is 0 Å². The van der Waals surface area contributed by atoms with Crippen LogP contribution < -0.4 is 5.73 Å². The number of hydrogen-bond donors (Lipinski definition) is 1. The number of esters is 1. The lowest BCUT2D eigenvalue weighted by Gasteiger charge is -2.10. The lowest BCUT2D eigenvalue weighted by atomic mass is 10.1. The summed E-state index contributed by atoms with van der Waals surface area (Å²) in [6, 6.07) is -1.96. The maximum Gasteiger partial charge on any atom is 0.322 e. The van der Waals surface area contributed by atoms with Gasteiger partial charge in [0.2, 0.25) is 0 Å². The van der Waals surface area contributed by atoms with Gasteiger partial charge in [0.15, 0.2) is 0 Å². The van der Waals surface area contributed by atoms with Crippen LogP contribution in [0.15, 0.2) is 0 Å². The Kier molecular flexibility index (Phi) is 5.15. The van der Waals surface area contributed by atoms with Gasteiger partial charge in [0.05, 0.1) is 8.48 Å². The molecule has 0 rings (SSSR count). The highest BCUT2D eigenvalue weighted by atomic mass is 35.5. The topological polar surface area (TPSA) is 52.3 Å². The molecule has 0 aromatic carbocycles. The fraction of sp³-hybridized carbons (Fsp3) is 0.857. The van der Waals surface area contributed by atoms with Crippen LogP contribution in [0.1, 0.15) is 23.0 Å². The molecule has 0 aromatic rings. The predicted molar refractivity (Wildman–Crippen MR) is 46.7 cm³/mol. The molecule has 0 aliphatic rings. The summed E-state index contributed by atoms with van der Waals surface area (Å²) in [4.78, 5) is 10.9. The minimum Gasteiger partial charge on any atom is -0.468 e. The van der Waals surface area contributed by atoms with Crippen molar-refractivity contribution < 1.29 is 12.3 Å². The lowest BCUT2D eigenvalue weighted by Crippen LogP contribution is -2.32. The van der Waals surface area contributed by atoms with Crippen molar-refractivity contribution in [1.29, 1.82) is 0 Å². The minimum atomic E-state index is -1.96. The molecule has 11 heavy (non-hydrogen) atoms. The molecule has 0 bridgehead atoms. The SMILES string of the molecule is Cl.[2H][C@H](C(C)C)[C@@]([2H])(N)C(=O)OC. The van der Waals surface area contributed by atoms with E-state index >= 15 is 0 Å². The second-order valence-electron chi connectivity index (χ2n) is 2.36. The van der Waals surface area contributed by atoms with Crippen molar-refractivity contribution in [3.63, 3.8) is 0 Å². The van der Waals surface area contributed by atoms with E-state index in [-0.39, 0.29) is 18.3 Å². The van der Waals surface area contributed by atoms with Crippen LogP contribution in [-0.4, -0.2) is 19.1 Å². The van der Waals surface area contributed by atoms with Crippen molar-refractivity contribution in [3.8, 4) is 0 Å². The van der Waals surface area contributed by atoms with Crippen LogP contribution in [0.25, 0.3) is 0 Å². The second kappa shape index (κ2) is 6.43. The van der Waals surface area contributed by atoms with Gasteiger partial charge in [-0.05, 0) is 12.3 Å². The van der Waals surface area contributed by atoms with E-state index in [9.17, 15) is 4.79 Å². The molecule has 0 radical (unpaired) electrons. The van der Waals surface area contributed by atoms with E-state index in [0.29, 0.717) is 0 Å². The zero-order chi connectivity index (χ0) is 9.94. The van der Waals surface area contributed by atoms with E-state index in [0.717, 1.165) is 7.11 Å². The first-order valence-electron chi connectivity index (χ1n) is 4.21. The van der Waals surface area contributed by atoms with Gasteiger partial charge in [0, 0.05) is 1.37 Å².